The third-order valence-corrected chi connectivity index (χ3v) is 2.78. The van der Waals surface area contributed by atoms with Crippen molar-refractivity contribution in [1.29, 1.82) is 5.26 Å². The molecule has 5 nitrogen and oxygen atoms in total. The van der Waals surface area contributed by atoms with Crippen LogP contribution in [0.2, 0.25) is 0 Å². The number of fused-ring (bicyclic) bond motifs is 1. The Morgan fingerprint density at radius 3 is 2.93 bits per heavy atom. The van der Waals surface area contributed by atoms with E-state index in [-0.39, 0.29) is 11.0 Å². The van der Waals surface area contributed by atoms with Crippen molar-refractivity contribution in [2.45, 2.75) is 12.6 Å². The summed E-state index contributed by atoms with van der Waals surface area (Å²) in [6.07, 6.45) is 0.726. The maximum absolute atomic E-state index is 10.9. The molecule has 1 aliphatic rings. The van der Waals surface area contributed by atoms with Gasteiger partial charge in [0.25, 0.3) is 0 Å². The summed E-state index contributed by atoms with van der Waals surface area (Å²) in [6, 6.07) is 0. The molecule has 14 heavy (non-hydrogen) atoms. The molecular formula is C7H10N4OS2. The highest BCUT2D eigenvalue weighted by atomic mass is 32.1. The molecule has 1 atom stereocenters. The van der Waals surface area contributed by atoms with Crippen LogP contribution in [-0.4, -0.2) is 11.5 Å². The fourth-order valence-corrected chi connectivity index (χ4v) is 2.11. The lowest BCUT2D eigenvalue weighted by Crippen LogP contribution is -2.34. The first-order valence-corrected chi connectivity index (χ1v) is 5.19. The van der Waals surface area contributed by atoms with Crippen molar-refractivity contribution < 1.29 is 0 Å². The number of nitrogens with one attached hydrogen (secondary N) is 2. The zero-order chi connectivity index (χ0) is 10.6. The number of aromatic amines is 1. The monoisotopic (exact) mass is 230 g/mol. The van der Waals surface area contributed by atoms with Crippen molar-refractivity contribution in [3.8, 4) is 5.40 Å². The molecule has 1 aromatic rings. The maximum atomic E-state index is 10.9. The Bertz CT molecular complexity index is 391. The molecule has 76 valence electrons. The number of hydrogen-bond donors (Lipinski definition) is 4. The first kappa shape index (κ1) is 11.3. The third-order valence-electron chi connectivity index (χ3n) is 1.77. The van der Waals surface area contributed by atoms with E-state index in [1.165, 1.54) is 16.7 Å². The van der Waals surface area contributed by atoms with E-state index in [4.69, 9.17) is 11.0 Å². The normalized spacial score (nSPS) is 18.8. The lowest BCUT2D eigenvalue weighted by Gasteiger charge is -2.18. The van der Waals surface area contributed by atoms with Gasteiger partial charge in [-0.05, 0) is 0 Å². The van der Waals surface area contributed by atoms with Crippen LogP contribution in [0.1, 0.15) is 16.7 Å². The summed E-state index contributed by atoms with van der Waals surface area (Å²) in [7, 11) is 0. The van der Waals surface area contributed by atoms with Gasteiger partial charge in [0, 0.05) is 18.7 Å². The highest BCUT2D eigenvalue weighted by Gasteiger charge is 2.18. The molecule has 0 saturated carbocycles. The van der Waals surface area contributed by atoms with Crippen LogP contribution in [0.5, 0.6) is 0 Å². The summed E-state index contributed by atoms with van der Waals surface area (Å²) in [4.78, 5) is 14.6. The van der Waals surface area contributed by atoms with Crippen LogP contribution < -0.4 is 15.9 Å². The minimum absolute atomic E-state index is 0.00542. The van der Waals surface area contributed by atoms with Crippen LogP contribution in [-0.2, 0) is 6.42 Å². The second-order valence-electron chi connectivity index (χ2n) is 2.64. The number of nitrogens with zero attached hydrogens (tertiary/aromatic N) is 1. The number of H-pyrrole nitrogens is 1. The largest absolute Gasteiger partial charge is 0.316 e. The Balaban J connectivity index is 0.000000293. The first-order valence-electron chi connectivity index (χ1n) is 3.93. The topological polar surface area (TPSA) is 94.7 Å². The van der Waals surface area contributed by atoms with Crippen LogP contribution in [0.15, 0.2) is 4.79 Å². The van der Waals surface area contributed by atoms with Gasteiger partial charge in [0.1, 0.15) is 5.40 Å². The molecule has 0 bridgehead atoms. The van der Waals surface area contributed by atoms with E-state index in [2.05, 4.69) is 22.9 Å². The number of thiazole rings is 1. The standard InChI is InChI=1S/C6H9N3OS.CHNS/c7-5-4-3(1-2-8-5)9-6(10)11-4;2-1-3/h5,8H,1-2,7H2,(H,9,10);3H. The predicted molar refractivity (Wildman–Crippen MR) is 58.2 cm³/mol. The zero-order valence-corrected chi connectivity index (χ0v) is 8.99. The van der Waals surface area contributed by atoms with Crippen molar-refractivity contribution in [2.24, 2.45) is 5.73 Å². The summed E-state index contributed by atoms with van der Waals surface area (Å²) in [5, 5.41) is 11.7. The van der Waals surface area contributed by atoms with Crippen molar-refractivity contribution in [1.82, 2.24) is 10.3 Å². The molecule has 0 fully saturated rings. The molecule has 0 amide bonds. The number of aromatic nitrogens is 1. The molecule has 0 saturated heterocycles. The van der Waals surface area contributed by atoms with Crippen LogP contribution in [0.25, 0.3) is 0 Å². The lowest BCUT2D eigenvalue weighted by molar-refractivity contribution is 0.525. The van der Waals surface area contributed by atoms with Gasteiger partial charge in [-0.2, -0.15) is 5.26 Å². The predicted octanol–water partition coefficient (Wildman–Crippen LogP) is -0.0633. The van der Waals surface area contributed by atoms with Gasteiger partial charge in [0.15, 0.2) is 0 Å². The van der Waals surface area contributed by atoms with Crippen LogP contribution in [0, 0.1) is 10.7 Å². The minimum Gasteiger partial charge on any atom is -0.316 e. The fourth-order valence-electron chi connectivity index (χ4n) is 1.25. The molecule has 4 N–H and O–H groups in total. The molecule has 1 unspecified atom stereocenters. The summed E-state index contributed by atoms with van der Waals surface area (Å²) in [5.74, 6) is 0. The molecule has 0 aliphatic carbocycles. The van der Waals surface area contributed by atoms with E-state index in [0.29, 0.717) is 0 Å². The molecule has 7 heteroatoms. The second-order valence-corrected chi connectivity index (χ2v) is 3.85. The van der Waals surface area contributed by atoms with E-state index in [1.807, 2.05) is 0 Å². The van der Waals surface area contributed by atoms with Gasteiger partial charge in [-0.25, -0.2) is 0 Å². The highest BCUT2D eigenvalue weighted by molar-refractivity contribution is 7.85. The molecule has 0 aromatic carbocycles. The van der Waals surface area contributed by atoms with Crippen molar-refractivity contribution in [3.05, 3.63) is 20.2 Å². The number of thiocyanates is 1. The average Bonchev–Trinajstić information content (AvgIpc) is 2.48. The Labute approximate surface area is 90.4 Å². The van der Waals surface area contributed by atoms with Gasteiger partial charge >= 0.3 is 4.87 Å². The van der Waals surface area contributed by atoms with Gasteiger partial charge in [0.2, 0.25) is 0 Å². The second kappa shape index (κ2) is 5.17. The highest BCUT2D eigenvalue weighted by Crippen LogP contribution is 2.18. The van der Waals surface area contributed by atoms with E-state index >= 15 is 0 Å². The fraction of sp³-hybridized carbons (Fsp3) is 0.429. The first-order chi connectivity index (χ1) is 6.69. The maximum Gasteiger partial charge on any atom is 0.305 e. The van der Waals surface area contributed by atoms with Gasteiger partial charge in [-0.1, -0.05) is 24.0 Å². The SMILES string of the molecule is N#CS.NC1NCCc2[nH]c(=O)sc21. The molecule has 0 spiro atoms. The minimum atomic E-state index is -0.150. The molecule has 1 aromatic heterocycles. The van der Waals surface area contributed by atoms with E-state index in [0.717, 1.165) is 23.5 Å². The van der Waals surface area contributed by atoms with Gasteiger partial charge in [-0.3, -0.25) is 10.1 Å². The van der Waals surface area contributed by atoms with Crippen molar-refractivity contribution >= 4 is 24.0 Å². The number of nitriles is 1. The Morgan fingerprint density at radius 2 is 2.36 bits per heavy atom. The molecular weight excluding hydrogens is 220 g/mol. The Hall–Kier alpha value is -0.810. The summed E-state index contributed by atoms with van der Waals surface area (Å²) >= 11 is 4.29. The Kier molecular flexibility index (Phi) is 4.16. The third kappa shape index (κ3) is 2.59. The van der Waals surface area contributed by atoms with Crippen LogP contribution >= 0.6 is 24.0 Å². The van der Waals surface area contributed by atoms with E-state index in [9.17, 15) is 4.79 Å². The smallest absolute Gasteiger partial charge is 0.305 e. The Morgan fingerprint density at radius 1 is 1.71 bits per heavy atom. The number of rotatable bonds is 0. The zero-order valence-electron chi connectivity index (χ0n) is 7.28. The number of hydrogen-bond acceptors (Lipinski definition) is 6. The van der Waals surface area contributed by atoms with Crippen LogP contribution in [0.3, 0.4) is 0 Å². The van der Waals surface area contributed by atoms with Crippen molar-refractivity contribution in [2.75, 3.05) is 6.54 Å². The number of thiol groups is 1. The average molecular weight is 230 g/mol. The summed E-state index contributed by atoms with van der Waals surface area (Å²) in [6.45, 7) is 0.848. The lowest BCUT2D eigenvalue weighted by atomic mass is 10.2. The summed E-state index contributed by atoms with van der Waals surface area (Å²) < 4.78 is 0. The summed E-state index contributed by atoms with van der Waals surface area (Å²) in [5.41, 5.74) is 6.71. The van der Waals surface area contributed by atoms with Gasteiger partial charge < -0.3 is 10.7 Å². The molecule has 2 heterocycles. The molecule has 2 rings (SSSR count). The van der Waals surface area contributed by atoms with Gasteiger partial charge in [-0.15, -0.1) is 0 Å². The van der Waals surface area contributed by atoms with E-state index in [1.54, 1.807) is 0 Å². The van der Waals surface area contributed by atoms with Gasteiger partial charge in [0.05, 0.1) is 11.0 Å². The van der Waals surface area contributed by atoms with Crippen molar-refractivity contribution in [3.63, 3.8) is 0 Å². The number of nitrogens with two attached hydrogens (primary N) is 1. The molecule has 1 aliphatic heterocycles. The van der Waals surface area contributed by atoms with Crippen LogP contribution in [0.4, 0.5) is 0 Å². The van der Waals surface area contributed by atoms with E-state index < -0.39 is 0 Å². The quantitative estimate of drug-likeness (QED) is 0.371. The molecule has 0 radical (unpaired) electrons.